The fraction of sp³-hybridized carbons (Fsp3) is 0.182. The summed E-state index contributed by atoms with van der Waals surface area (Å²) in [6, 6.07) is 5.28. The maximum Gasteiger partial charge on any atom is 0.358 e. The molecule has 2 rings (SSSR count). The van der Waals surface area contributed by atoms with Crippen molar-refractivity contribution in [2.45, 2.75) is 11.8 Å². The molecule has 6 nitrogen and oxygen atoms in total. The van der Waals surface area contributed by atoms with Gasteiger partial charge in [0.1, 0.15) is 0 Å². The third-order valence-electron chi connectivity index (χ3n) is 2.36. The van der Waals surface area contributed by atoms with Crippen molar-refractivity contribution < 1.29 is 9.53 Å². The van der Waals surface area contributed by atoms with Crippen LogP contribution < -0.4 is 5.14 Å². The molecule has 0 bridgehead atoms. The smallest absolute Gasteiger partial charge is 0.358 e. The lowest BCUT2D eigenvalue weighted by Gasteiger charge is -2.03. The fourth-order valence-corrected chi connectivity index (χ4v) is 1.74. The number of ether oxygens (including phenoxy) is 1. The van der Waals surface area contributed by atoms with Crippen LogP contribution in [0.1, 0.15) is 16.2 Å². The topological polar surface area (TPSA) is 83.0 Å². The maximum absolute atomic E-state index is 11.4. The summed E-state index contributed by atoms with van der Waals surface area (Å²) in [4.78, 5) is 16.5. The summed E-state index contributed by atoms with van der Waals surface area (Å²) >= 11 is 1.12. The number of carbonyl (C=O) groups excluding carboxylic acids is 1. The van der Waals surface area contributed by atoms with Gasteiger partial charge in [-0.05, 0) is 37.1 Å². The lowest BCUT2D eigenvalue weighted by Crippen LogP contribution is -2.05. The lowest BCUT2D eigenvalue weighted by molar-refractivity contribution is 0.0593. The number of nitrogens with zero attached hydrogens (tertiary/aromatic N) is 3. The highest BCUT2D eigenvalue weighted by Crippen LogP contribution is 2.14. The molecule has 0 unspecified atom stereocenters. The molecule has 0 amide bonds. The van der Waals surface area contributed by atoms with E-state index in [9.17, 15) is 4.79 Å². The Hall–Kier alpha value is -1.86. The van der Waals surface area contributed by atoms with Gasteiger partial charge in [0.05, 0.1) is 7.11 Å². The second kappa shape index (κ2) is 5.19. The Morgan fingerprint density at radius 3 is 2.83 bits per heavy atom. The predicted molar refractivity (Wildman–Crippen MR) is 67.5 cm³/mol. The van der Waals surface area contributed by atoms with Crippen LogP contribution in [0.5, 0.6) is 0 Å². The fourth-order valence-electron chi connectivity index (χ4n) is 1.48. The summed E-state index contributed by atoms with van der Waals surface area (Å²) in [6.45, 7) is 1.84. The summed E-state index contributed by atoms with van der Waals surface area (Å²) < 4.78 is 6.20. The molecule has 0 saturated heterocycles. The molecule has 0 atom stereocenters. The monoisotopic (exact) mass is 264 g/mol. The second-order valence-electron chi connectivity index (χ2n) is 3.54. The van der Waals surface area contributed by atoms with Crippen molar-refractivity contribution in [3.8, 4) is 5.82 Å². The van der Waals surface area contributed by atoms with Gasteiger partial charge in [-0.3, -0.25) is 5.14 Å². The van der Waals surface area contributed by atoms with E-state index in [1.54, 1.807) is 23.0 Å². The molecular formula is C11H12N4O2S. The maximum atomic E-state index is 11.4. The molecule has 0 aliphatic rings. The highest BCUT2D eigenvalue weighted by atomic mass is 32.2. The van der Waals surface area contributed by atoms with E-state index < -0.39 is 5.97 Å². The van der Waals surface area contributed by atoms with Gasteiger partial charge in [-0.2, -0.15) is 5.10 Å². The first-order valence-corrected chi connectivity index (χ1v) is 6.02. The molecule has 7 heteroatoms. The average Bonchev–Trinajstić information content (AvgIpc) is 2.80. The summed E-state index contributed by atoms with van der Waals surface area (Å²) in [5, 5.41) is 9.57. The Morgan fingerprint density at radius 1 is 1.50 bits per heavy atom. The Morgan fingerprint density at radius 2 is 2.28 bits per heavy atom. The molecule has 2 aromatic heterocycles. The predicted octanol–water partition coefficient (Wildman–Crippen LogP) is 1.33. The zero-order valence-corrected chi connectivity index (χ0v) is 10.8. The van der Waals surface area contributed by atoms with E-state index in [1.165, 1.54) is 7.11 Å². The first-order chi connectivity index (χ1) is 8.65. The Balaban J connectivity index is 2.37. The normalized spacial score (nSPS) is 10.4. The second-order valence-corrected chi connectivity index (χ2v) is 4.25. The molecule has 2 N–H and O–H groups in total. The van der Waals surface area contributed by atoms with Gasteiger partial charge in [0, 0.05) is 16.8 Å². The minimum absolute atomic E-state index is 0.258. The van der Waals surface area contributed by atoms with Crippen LogP contribution >= 0.6 is 11.9 Å². The van der Waals surface area contributed by atoms with Crippen molar-refractivity contribution in [2.75, 3.05) is 7.11 Å². The zero-order chi connectivity index (χ0) is 13.1. The number of rotatable bonds is 3. The van der Waals surface area contributed by atoms with Crippen LogP contribution in [0.25, 0.3) is 5.82 Å². The van der Waals surface area contributed by atoms with Crippen LogP contribution in [0.3, 0.4) is 0 Å². The van der Waals surface area contributed by atoms with E-state index in [4.69, 9.17) is 5.14 Å². The van der Waals surface area contributed by atoms with Gasteiger partial charge < -0.3 is 4.74 Å². The van der Waals surface area contributed by atoms with Crippen molar-refractivity contribution in [3.05, 3.63) is 35.8 Å². The molecule has 2 aromatic rings. The number of esters is 1. The average molecular weight is 264 g/mol. The summed E-state index contributed by atoms with van der Waals surface area (Å²) in [7, 11) is 1.32. The van der Waals surface area contributed by atoms with Crippen molar-refractivity contribution in [1.29, 1.82) is 0 Å². The van der Waals surface area contributed by atoms with E-state index in [-0.39, 0.29) is 5.69 Å². The number of nitrogens with two attached hydrogens (primary N) is 1. The van der Waals surface area contributed by atoms with Crippen LogP contribution in [0, 0.1) is 6.92 Å². The van der Waals surface area contributed by atoms with Gasteiger partial charge in [-0.25, -0.2) is 14.5 Å². The van der Waals surface area contributed by atoms with Gasteiger partial charge in [0.15, 0.2) is 11.5 Å². The van der Waals surface area contributed by atoms with E-state index in [0.29, 0.717) is 5.82 Å². The van der Waals surface area contributed by atoms with Crippen LogP contribution in [-0.2, 0) is 4.74 Å². The standard InChI is InChI=1S/C11H12N4O2S/c1-7-5-9(11(16)17-2)14-15(7)10-4-3-8(18-12)6-13-10/h3-6H,12H2,1-2H3. The number of pyridine rings is 1. The van der Waals surface area contributed by atoms with E-state index in [1.807, 2.05) is 13.0 Å². The minimum Gasteiger partial charge on any atom is -0.464 e. The number of aromatic nitrogens is 3. The van der Waals surface area contributed by atoms with Crippen LogP contribution in [0.2, 0.25) is 0 Å². The Labute approximate surface area is 108 Å². The number of hydrogen-bond acceptors (Lipinski definition) is 6. The SMILES string of the molecule is COC(=O)c1cc(C)n(-c2ccc(SN)cn2)n1. The van der Waals surface area contributed by atoms with E-state index in [0.717, 1.165) is 22.5 Å². The Bertz CT molecular complexity index is 565. The molecule has 0 aliphatic carbocycles. The van der Waals surface area contributed by atoms with Crippen molar-refractivity contribution in [2.24, 2.45) is 5.14 Å². The van der Waals surface area contributed by atoms with Crippen LogP contribution in [0.4, 0.5) is 0 Å². The highest BCUT2D eigenvalue weighted by molar-refractivity contribution is 7.97. The van der Waals surface area contributed by atoms with Crippen molar-refractivity contribution in [1.82, 2.24) is 14.8 Å². The number of carbonyl (C=O) groups is 1. The van der Waals surface area contributed by atoms with Crippen LogP contribution in [-0.4, -0.2) is 27.8 Å². The zero-order valence-electron chi connectivity index (χ0n) is 9.95. The molecular weight excluding hydrogens is 252 g/mol. The summed E-state index contributed by atoms with van der Waals surface area (Å²) in [5.41, 5.74) is 1.06. The minimum atomic E-state index is -0.467. The lowest BCUT2D eigenvalue weighted by atomic mass is 10.4. The van der Waals surface area contributed by atoms with Crippen molar-refractivity contribution >= 4 is 17.9 Å². The molecule has 0 aliphatic heterocycles. The molecule has 0 radical (unpaired) electrons. The summed E-state index contributed by atoms with van der Waals surface area (Å²) in [5.74, 6) is 0.159. The van der Waals surface area contributed by atoms with E-state index in [2.05, 4.69) is 14.8 Å². The Kier molecular flexibility index (Phi) is 3.63. The largest absolute Gasteiger partial charge is 0.464 e. The van der Waals surface area contributed by atoms with Crippen molar-refractivity contribution in [3.63, 3.8) is 0 Å². The molecule has 94 valence electrons. The molecule has 2 heterocycles. The van der Waals surface area contributed by atoms with Gasteiger partial charge in [0.25, 0.3) is 0 Å². The van der Waals surface area contributed by atoms with Gasteiger partial charge in [0.2, 0.25) is 0 Å². The number of methoxy groups -OCH3 is 1. The molecule has 18 heavy (non-hydrogen) atoms. The van der Waals surface area contributed by atoms with Crippen LogP contribution in [0.15, 0.2) is 29.3 Å². The first-order valence-electron chi connectivity index (χ1n) is 5.14. The molecule has 0 fully saturated rings. The molecule has 0 spiro atoms. The third-order valence-corrected chi connectivity index (χ3v) is 2.87. The number of aryl methyl sites for hydroxylation is 1. The van der Waals surface area contributed by atoms with Gasteiger partial charge in [-0.1, -0.05) is 0 Å². The van der Waals surface area contributed by atoms with Gasteiger partial charge in [-0.15, -0.1) is 0 Å². The van der Waals surface area contributed by atoms with Gasteiger partial charge >= 0.3 is 5.97 Å². The first kappa shape index (κ1) is 12.6. The summed E-state index contributed by atoms with van der Waals surface area (Å²) in [6.07, 6.45) is 1.65. The highest BCUT2D eigenvalue weighted by Gasteiger charge is 2.13. The third kappa shape index (κ3) is 2.36. The van der Waals surface area contributed by atoms with E-state index >= 15 is 0 Å². The number of hydrogen-bond donors (Lipinski definition) is 1. The molecule has 0 aromatic carbocycles. The quantitative estimate of drug-likeness (QED) is 0.665. The molecule has 0 saturated carbocycles.